The number of guanidine groups is 1. The van der Waals surface area contributed by atoms with Crippen molar-refractivity contribution in [3.63, 3.8) is 0 Å². The number of sulfonamides is 1. The van der Waals surface area contributed by atoms with Crippen LogP contribution < -0.4 is 10.0 Å². The summed E-state index contributed by atoms with van der Waals surface area (Å²) in [5.74, 6) is 0.913. The van der Waals surface area contributed by atoms with E-state index in [9.17, 15) is 8.42 Å². The minimum absolute atomic E-state index is 0.0983. The highest BCUT2D eigenvalue weighted by atomic mass is 32.2. The maximum Gasteiger partial charge on any atom is 0.211 e. The summed E-state index contributed by atoms with van der Waals surface area (Å²) in [4.78, 5) is 6.50. The molecule has 2 fully saturated rings. The molecule has 2 aliphatic heterocycles. The molecule has 8 nitrogen and oxygen atoms in total. The van der Waals surface area contributed by atoms with Gasteiger partial charge in [-0.3, -0.25) is 4.99 Å². The molecule has 2 heterocycles. The average molecular weight is 391 g/mol. The minimum Gasteiger partial charge on any atom is -0.376 e. The summed E-state index contributed by atoms with van der Waals surface area (Å²) in [6.45, 7) is 5.84. The Morgan fingerprint density at radius 1 is 1.23 bits per heavy atom. The highest BCUT2D eigenvalue weighted by Gasteiger charge is 2.23. The van der Waals surface area contributed by atoms with Crippen molar-refractivity contribution in [3.05, 3.63) is 0 Å². The Morgan fingerprint density at radius 2 is 2.00 bits per heavy atom. The second-order valence-electron chi connectivity index (χ2n) is 6.78. The topological polar surface area (TPSA) is 92.3 Å². The lowest BCUT2D eigenvalue weighted by molar-refractivity contribution is -0.0721. The van der Waals surface area contributed by atoms with E-state index >= 15 is 0 Å². The molecule has 0 bridgehead atoms. The van der Waals surface area contributed by atoms with Crippen molar-refractivity contribution < 1.29 is 17.9 Å². The number of likely N-dealkylation sites (tertiary alicyclic amines) is 1. The molecule has 2 rings (SSSR count). The number of rotatable bonds is 8. The summed E-state index contributed by atoms with van der Waals surface area (Å²) in [6, 6.07) is 0. The molecule has 26 heavy (non-hydrogen) atoms. The maximum atomic E-state index is 11.4. The second kappa shape index (κ2) is 11.1. The molecule has 0 spiro atoms. The molecule has 152 valence electrons. The molecule has 1 unspecified atom stereocenters. The van der Waals surface area contributed by atoms with Crippen LogP contribution in [0, 0.1) is 0 Å². The predicted molar refractivity (Wildman–Crippen MR) is 103 cm³/mol. The molecule has 2 aliphatic rings. The Labute approximate surface area is 157 Å². The highest BCUT2D eigenvalue weighted by molar-refractivity contribution is 7.89. The Kier molecular flexibility index (Phi) is 9.10. The zero-order valence-corrected chi connectivity index (χ0v) is 16.9. The van der Waals surface area contributed by atoms with Gasteiger partial charge in [0.15, 0.2) is 5.96 Å². The molecule has 0 aliphatic carbocycles. The van der Waals surface area contributed by atoms with Gasteiger partial charge in [-0.05, 0) is 39.0 Å². The molecule has 0 aromatic heterocycles. The number of piperidine rings is 1. The van der Waals surface area contributed by atoms with E-state index in [0.29, 0.717) is 19.7 Å². The van der Waals surface area contributed by atoms with E-state index in [2.05, 4.69) is 19.9 Å². The Bertz CT molecular complexity index is 527. The van der Waals surface area contributed by atoms with Gasteiger partial charge in [-0.25, -0.2) is 13.1 Å². The first kappa shape index (κ1) is 21.4. The fourth-order valence-corrected chi connectivity index (χ4v) is 3.85. The van der Waals surface area contributed by atoms with Crippen LogP contribution in [0.3, 0.4) is 0 Å². The standard InChI is InChI=1S/C17H34N4O4S/c1-3-26(22,23)20-10-9-19-17(18-2)21-11-7-15(8-12-21)25-14-16-6-4-5-13-24-16/h15-16,20H,3-14H2,1-2H3,(H,18,19). The van der Waals surface area contributed by atoms with Gasteiger partial charge in [-0.1, -0.05) is 0 Å². The number of hydrogen-bond acceptors (Lipinski definition) is 5. The average Bonchev–Trinajstić information content (AvgIpc) is 2.68. The molecular weight excluding hydrogens is 356 g/mol. The van der Waals surface area contributed by atoms with Crippen LogP contribution in [-0.2, 0) is 19.5 Å². The van der Waals surface area contributed by atoms with Gasteiger partial charge in [0.2, 0.25) is 10.0 Å². The lowest BCUT2D eigenvalue weighted by Crippen LogP contribution is -2.48. The molecule has 1 atom stereocenters. The third-order valence-corrected chi connectivity index (χ3v) is 6.26. The van der Waals surface area contributed by atoms with E-state index in [1.165, 1.54) is 12.8 Å². The molecule has 0 aromatic rings. The first-order valence-corrected chi connectivity index (χ1v) is 11.4. The van der Waals surface area contributed by atoms with Crippen LogP contribution in [0.2, 0.25) is 0 Å². The van der Waals surface area contributed by atoms with Crippen LogP contribution in [0.5, 0.6) is 0 Å². The van der Waals surface area contributed by atoms with Crippen molar-refractivity contribution in [2.45, 2.75) is 51.2 Å². The molecular formula is C17H34N4O4S. The van der Waals surface area contributed by atoms with Crippen molar-refractivity contribution in [3.8, 4) is 0 Å². The van der Waals surface area contributed by atoms with Gasteiger partial charge in [0, 0.05) is 39.8 Å². The summed E-state index contributed by atoms with van der Waals surface area (Å²) >= 11 is 0. The van der Waals surface area contributed by atoms with Crippen LogP contribution in [0.15, 0.2) is 4.99 Å². The van der Waals surface area contributed by atoms with Crippen LogP contribution >= 0.6 is 0 Å². The number of ether oxygens (including phenoxy) is 2. The lowest BCUT2D eigenvalue weighted by Gasteiger charge is -2.35. The molecule has 0 radical (unpaired) electrons. The van der Waals surface area contributed by atoms with Crippen molar-refractivity contribution in [2.24, 2.45) is 4.99 Å². The monoisotopic (exact) mass is 390 g/mol. The van der Waals surface area contributed by atoms with Crippen LogP contribution in [0.4, 0.5) is 0 Å². The normalized spacial score (nSPS) is 23.2. The Morgan fingerprint density at radius 3 is 2.62 bits per heavy atom. The summed E-state index contributed by atoms with van der Waals surface area (Å²) in [5, 5.41) is 3.22. The zero-order valence-electron chi connectivity index (χ0n) is 16.1. The van der Waals surface area contributed by atoms with E-state index in [1.54, 1.807) is 14.0 Å². The zero-order chi connectivity index (χ0) is 18.8. The fourth-order valence-electron chi connectivity index (χ4n) is 3.23. The third kappa shape index (κ3) is 7.38. The van der Waals surface area contributed by atoms with Crippen molar-refractivity contribution in [1.29, 1.82) is 0 Å². The maximum absolute atomic E-state index is 11.4. The van der Waals surface area contributed by atoms with Crippen LogP contribution in [0.25, 0.3) is 0 Å². The van der Waals surface area contributed by atoms with Gasteiger partial charge >= 0.3 is 0 Å². The van der Waals surface area contributed by atoms with Gasteiger partial charge in [-0.2, -0.15) is 0 Å². The minimum atomic E-state index is -3.14. The Hall–Kier alpha value is -0.900. The van der Waals surface area contributed by atoms with Gasteiger partial charge < -0.3 is 19.7 Å². The SMILES string of the molecule is CCS(=O)(=O)NCCNC(=NC)N1CCC(OCC2CCCCO2)CC1. The number of nitrogens with one attached hydrogen (secondary N) is 2. The first-order valence-electron chi connectivity index (χ1n) is 9.70. The molecule has 0 aromatic carbocycles. The van der Waals surface area contributed by atoms with E-state index in [1.807, 2.05) is 0 Å². The molecule has 2 N–H and O–H groups in total. The number of hydrogen-bond donors (Lipinski definition) is 2. The smallest absolute Gasteiger partial charge is 0.211 e. The van der Waals surface area contributed by atoms with Crippen molar-refractivity contribution >= 4 is 16.0 Å². The molecule has 2 saturated heterocycles. The summed E-state index contributed by atoms with van der Waals surface area (Å²) in [7, 11) is -1.39. The van der Waals surface area contributed by atoms with E-state index < -0.39 is 10.0 Å². The van der Waals surface area contributed by atoms with Gasteiger partial charge in [0.05, 0.1) is 24.6 Å². The van der Waals surface area contributed by atoms with Crippen LogP contribution in [-0.4, -0.2) is 83.7 Å². The summed E-state index contributed by atoms with van der Waals surface area (Å²) in [6.07, 6.45) is 6.00. The largest absolute Gasteiger partial charge is 0.376 e. The second-order valence-corrected chi connectivity index (χ2v) is 8.88. The van der Waals surface area contributed by atoms with Crippen LogP contribution in [0.1, 0.15) is 39.0 Å². The van der Waals surface area contributed by atoms with E-state index in [4.69, 9.17) is 9.47 Å². The first-order chi connectivity index (χ1) is 12.5. The van der Waals surface area contributed by atoms with Crippen molar-refractivity contribution in [2.75, 3.05) is 52.2 Å². The van der Waals surface area contributed by atoms with Gasteiger partial charge in [0.25, 0.3) is 0 Å². The van der Waals surface area contributed by atoms with E-state index in [0.717, 1.165) is 44.9 Å². The third-order valence-electron chi connectivity index (χ3n) is 4.86. The summed E-state index contributed by atoms with van der Waals surface area (Å²) < 4.78 is 37.2. The molecule has 0 saturated carbocycles. The Balaban J connectivity index is 1.63. The van der Waals surface area contributed by atoms with Gasteiger partial charge in [0.1, 0.15) is 0 Å². The quantitative estimate of drug-likeness (QED) is 0.357. The lowest BCUT2D eigenvalue weighted by atomic mass is 10.1. The van der Waals surface area contributed by atoms with E-state index in [-0.39, 0.29) is 18.0 Å². The number of nitrogens with zero attached hydrogens (tertiary/aromatic N) is 2. The fraction of sp³-hybridized carbons (Fsp3) is 0.941. The van der Waals surface area contributed by atoms with Gasteiger partial charge in [-0.15, -0.1) is 0 Å². The molecule has 0 amide bonds. The number of aliphatic imine (C=N–C) groups is 1. The van der Waals surface area contributed by atoms with Crippen molar-refractivity contribution in [1.82, 2.24) is 14.9 Å². The molecule has 9 heteroatoms. The highest BCUT2D eigenvalue weighted by Crippen LogP contribution is 2.17. The predicted octanol–water partition coefficient (Wildman–Crippen LogP) is 0.551. The summed E-state index contributed by atoms with van der Waals surface area (Å²) in [5.41, 5.74) is 0.